The van der Waals surface area contributed by atoms with Crippen molar-refractivity contribution < 1.29 is 32.2 Å². The van der Waals surface area contributed by atoms with Gasteiger partial charge in [0.05, 0.1) is 12.7 Å². The number of aliphatic hydroxyl groups excluding tert-OH is 1. The normalized spacial score (nSPS) is 12.7. The second-order valence-electron chi connectivity index (χ2n) is 8.93. The summed E-state index contributed by atoms with van der Waals surface area (Å²) in [6, 6.07) is 6.05. The number of hydrogen-bond donors (Lipinski definition) is 3. The number of fused-ring (bicyclic) bond motifs is 1. The highest BCUT2D eigenvalue weighted by molar-refractivity contribution is 5.98. The molecule has 3 N–H and O–H groups in total. The van der Waals surface area contributed by atoms with E-state index in [4.69, 9.17) is 4.74 Å². The highest BCUT2D eigenvalue weighted by Crippen LogP contribution is 2.33. The van der Waals surface area contributed by atoms with Gasteiger partial charge < -0.3 is 20.1 Å². The number of aromatic nitrogens is 3. The largest absolute Gasteiger partial charge is 0.494 e. The molecule has 8 nitrogen and oxygen atoms in total. The maximum Gasteiger partial charge on any atom is 0.294 e. The van der Waals surface area contributed by atoms with Crippen LogP contribution in [0.2, 0.25) is 0 Å². The standard InChI is InChI=1S/C26H24F4N4O4/c1-13(2)20-17(24(36)31-22(26(29,30)12-35)14-4-7-16(27)8-5-14)11-34-21(20)25(37)32-23(33-34)15-6-9-19(38-3)18(28)10-15/h4-11,13,22,35H,12H2,1-3H3,(H,31,36)(H,32,33,37). The molecule has 0 aliphatic carbocycles. The Bertz CT molecular complexity index is 1550. The van der Waals surface area contributed by atoms with Crippen LogP contribution in [-0.2, 0) is 0 Å². The Kier molecular flexibility index (Phi) is 7.27. The van der Waals surface area contributed by atoms with Crippen molar-refractivity contribution in [2.75, 3.05) is 13.7 Å². The number of amides is 1. The van der Waals surface area contributed by atoms with Gasteiger partial charge >= 0.3 is 0 Å². The van der Waals surface area contributed by atoms with Crippen LogP contribution in [0.3, 0.4) is 0 Å². The molecule has 2 aromatic carbocycles. The summed E-state index contributed by atoms with van der Waals surface area (Å²) in [4.78, 5) is 29.0. The van der Waals surface area contributed by atoms with Crippen LogP contribution in [0, 0.1) is 11.6 Å². The molecule has 0 saturated heterocycles. The van der Waals surface area contributed by atoms with E-state index in [1.54, 1.807) is 13.8 Å². The van der Waals surface area contributed by atoms with Crippen molar-refractivity contribution in [3.05, 3.63) is 87.3 Å². The van der Waals surface area contributed by atoms with E-state index in [-0.39, 0.29) is 39.3 Å². The maximum absolute atomic E-state index is 14.7. The Hall–Kier alpha value is -4.19. The topological polar surface area (TPSA) is 109 Å². The second-order valence-corrected chi connectivity index (χ2v) is 8.93. The number of hydrogen-bond acceptors (Lipinski definition) is 5. The fraction of sp³-hybridized carbons (Fsp3) is 0.269. The average molecular weight is 532 g/mol. The molecular weight excluding hydrogens is 508 g/mol. The lowest BCUT2D eigenvalue weighted by molar-refractivity contribution is -0.0785. The summed E-state index contributed by atoms with van der Waals surface area (Å²) in [6.45, 7) is 1.84. The van der Waals surface area contributed by atoms with E-state index in [0.717, 1.165) is 34.8 Å². The Morgan fingerprint density at radius 3 is 2.45 bits per heavy atom. The van der Waals surface area contributed by atoms with Crippen LogP contribution >= 0.6 is 0 Å². The Morgan fingerprint density at radius 2 is 1.87 bits per heavy atom. The summed E-state index contributed by atoms with van der Waals surface area (Å²) < 4.78 is 63.0. The zero-order chi connectivity index (χ0) is 27.8. The zero-order valence-corrected chi connectivity index (χ0v) is 20.6. The summed E-state index contributed by atoms with van der Waals surface area (Å²) in [5, 5.41) is 15.8. The van der Waals surface area contributed by atoms with E-state index < -0.39 is 47.6 Å². The van der Waals surface area contributed by atoms with E-state index in [0.29, 0.717) is 0 Å². The van der Waals surface area contributed by atoms with Gasteiger partial charge in [0, 0.05) is 17.3 Å². The third-order valence-electron chi connectivity index (χ3n) is 6.04. The fourth-order valence-corrected chi connectivity index (χ4v) is 4.21. The molecule has 0 saturated carbocycles. The summed E-state index contributed by atoms with van der Waals surface area (Å²) in [7, 11) is 1.31. The number of nitrogens with one attached hydrogen (secondary N) is 2. The summed E-state index contributed by atoms with van der Waals surface area (Å²) >= 11 is 0. The number of alkyl halides is 2. The maximum atomic E-state index is 14.7. The molecule has 0 aliphatic heterocycles. The van der Waals surface area contributed by atoms with Gasteiger partial charge in [0.25, 0.3) is 17.4 Å². The van der Waals surface area contributed by atoms with Gasteiger partial charge in [-0.05, 0) is 41.8 Å². The van der Waals surface area contributed by atoms with Crippen LogP contribution in [-0.4, -0.2) is 45.3 Å². The van der Waals surface area contributed by atoms with Gasteiger partial charge in [0.1, 0.15) is 24.0 Å². The fourth-order valence-electron chi connectivity index (χ4n) is 4.21. The molecule has 0 aliphatic rings. The molecule has 1 unspecified atom stereocenters. The van der Waals surface area contributed by atoms with Crippen molar-refractivity contribution in [2.45, 2.75) is 31.7 Å². The molecule has 2 aromatic heterocycles. The molecule has 38 heavy (non-hydrogen) atoms. The molecule has 2 heterocycles. The smallest absolute Gasteiger partial charge is 0.294 e. The number of aromatic amines is 1. The van der Waals surface area contributed by atoms with Crippen molar-refractivity contribution >= 4 is 11.4 Å². The van der Waals surface area contributed by atoms with Crippen LogP contribution in [0.1, 0.15) is 47.3 Å². The quantitative estimate of drug-likeness (QED) is 0.295. The van der Waals surface area contributed by atoms with Gasteiger partial charge in [-0.3, -0.25) is 9.59 Å². The number of methoxy groups -OCH3 is 1. The highest BCUT2D eigenvalue weighted by Gasteiger charge is 2.41. The number of benzene rings is 2. The Balaban J connectivity index is 1.80. The second kappa shape index (κ2) is 10.3. The van der Waals surface area contributed by atoms with Crippen LogP contribution in [0.15, 0.2) is 53.5 Å². The van der Waals surface area contributed by atoms with Crippen LogP contribution in [0.4, 0.5) is 17.6 Å². The minimum Gasteiger partial charge on any atom is -0.494 e. The predicted octanol–water partition coefficient (Wildman–Crippen LogP) is 4.20. The number of halogens is 4. The van der Waals surface area contributed by atoms with Crippen molar-refractivity contribution in [1.82, 2.24) is 19.9 Å². The van der Waals surface area contributed by atoms with Crippen molar-refractivity contribution in [3.63, 3.8) is 0 Å². The number of ether oxygens (including phenoxy) is 1. The van der Waals surface area contributed by atoms with Crippen molar-refractivity contribution in [3.8, 4) is 17.1 Å². The molecule has 0 fully saturated rings. The highest BCUT2D eigenvalue weighted by atomic mass is 19.3. The van der Waals surface area contributed by atoms with Crippen molar-refractivity contribution in [1.29, 1.82) is 0 Å². The lowest BCUT2D eigenvalue weighted by atomic mass is 9.97. The van der Waals surface area contributed by atoms with Gasteiger partial charge in [-0.15, -0.1) is 5.10 Å². The van der Waals surface area contributed by atoms with Crippen LogP contribution in [0.25, 0.3) is 16.9 Å². The number of carbonyl (C=O) groups excluding carboxylic acids is 1. The first kappa shape index (κ1) is 26.9. The molecule has 1 atom stereocenters. The summed E-state index contributed by atoms with van der Waals surface area (Å²) in [6.07, 6.45) is 1.22. The third-order valence-corrected chi connectivity index (χ3v) is 6.04. The first-order chi connectivity index (χ1) is 18.0. The lowest BCUT2D eigenvalue weighted by Gasteiger charge is -2.27. The Morgan fingerprint density at radius 1 is 1.18 bits per heavy atom. The van der Waals surface area contributed by atoms with Gasteiger partial charge in [0.15, 0.2) is 17.4 Å². The molecule has 200 valence electrons. The Labute approximate surface area is 213 Å². The number of H-pyrrole nitrogens is 1. The molecule has 0 spiro atoms. The van der Waals surface area contributed by atoms with E-state index in [1.807, 2.05) is 0 Å². The number of rotatable bonds is 8. The monoisotopic (exact) mass is 532 g/mol. The van der Waals surface area contributed by atoms with Gasteiger partial charge in [-0.2, -0.15) is 0 Å². The minimum atomic E-state index is -3.79. The van der Waals surface area contributed by atoms with Gasteiger partial charge in [0.2, 0.25) is 0 Å². The average Bonchev–Trinajstić information content (AvgIpc) is 3.28. The summed E-state index contributed by atoms with van der Waals surface area (Å²) in [5.74, 6) is -6.50. The molecule has 1 amide bonds. The van der Waals surface area contributed by atoms with Crippen LogP contribution < -0.4 is 15.6 Å². The van der Waals surface area contributed by atoms with E-state index >= 15 is 0 Å². The number of carbonyl (C=O) groups is 1. The van der Waals surface area contributed by atoms with Gasteiger partial charge in [-0.25, -0.2) is 22.1 Å². The molecular formula is C26H24F4N4O4. The molecule has 4 aromatic rings. The van der Waals surface area contributed by atoms with Gasteiger partial charge in [-0.1, -0.05) is 26.0 Å². The van der Waals surface area contributed by atoms with Crippen LogP contribution in [0.5, 0.6) is 5.75 Å². The van der Waals surface area contributed by atoms with E-state index in [2.05, 4.69) is 15.4 Å². The predicted molar refractivity (Wildman–Crippen MR) is 130 cm³/mol. The van der Waals surface area contributed by atoms with E-state index in [9.17, 15) is 32.3 Å². The summed E-state index contributed by atoms with van der Waals surface area (Å²) in [5.41, 5.74) is -0.383. The molecule has 0 radical (unpaired) electrons. The first-order valence-corrected chi connectivity index (χ1v) is 11.5. The van der Waals surface area contributed by atoms with Crippen molar-refractivity contribution in [2.24, 2.45) is 0 Å². The minimum absolute atomic E-state index is 0.00248. The van der Waals surface area contributed by atoms with E-state index in [1.165, 1.54) is 25.4 Å². The molecule has 0 bridgehead atoms. The SMILES string of the molecule is COc1ccc(-c2nn3cc(C(=O)NC(c4ccc(F)cc4)C(F)(F)CO)c(C(C)C)c3c(=O)[nH]2)cc1F. The third kappa shape index (κ3) is 4.99. The molecule has 4 rings (SSSR count). The zero-order valence-electron chi connectivity index (χ0n) is 20.6. The lowest BCUT2D eigenvalue weighted by Crippen LogP contribution is -2.43. The number of nitrogens with zero attached hydrogens (tertiary/aromatic N) is 2. The number of aliphatic hydroxyl groups is 1. The first-order valence-electron chi connectivity index (χ1n) is 11.5. The molecule has 12 heteroatoms.